The Bertz CT molecular complexity index is 1270. The van der Waals surface area contributed by atoms with Crippen LogP contribution in [-0.2, 0) is 19.4 Å². The first-order valence-corrected chi connectivity index (χ1v) is 13.3. The molecule has 12 heteroatoms. The van der Waals surface area contributed by atoms with Crippen LogP contribution in [0.4, 0.5) is 9.59 Å². The minimum absolute atomic E-state index is 0.0546. The van der Waals surface area contributed by atoms with Crippen molar-refractivity contribution in [2.24, 2.45) is 10.3 Å². The Kier molecular flexibility index (Phi) is 10.2. The van der Waals surface area contributed by atoms with Gasteiger partial charge in [0, 0.05) is 10.6 Å². The molecule has 2 rings (SSSR count). The van der Waals surface area contributed by atoms with Gasteiger partial charge in [-0.05, 0) is 63.4 Å². The van der Waals surface area contributed by atoms with Crippen LogP contribution in [0.15, 0.2) is 63.9 Å². The molecule has 3 N–H and O–H groups in total. The number of urea groups is 1. The molecule has 1 unspecified atom stereocenters. The molecule has 0 aliphatic rings. The molecule has 0 spiro atoms. The number of rotatable bonds is 7. The summed E-state index contributed by atoms with van der Waals surface area (Å²) in [6, 6.07) is 11.2. The summed E-state index contributed by atoms with van der Waals surface area (Å²) in [5.74, 6) is -1.76. The van der Waals surface area contributed by atoms with E-state index in [-0.39, 0.29) is 27.8 Å². The Morgan fingerprint density at radius 1 is 1.03 bits per heavy atom. The lowest BCUT2D eigenvalue weighted by Crippen LogP contribution is -2.45. The van der Waals surface area contributed by atoms with Crippen molar-refractivity contribution in [3.63, 3.8) is 0 Å². The van der Waals surface area contributed by atoms with E-state index in [4.69, 9.17) is 16.3 Å². The molecule has 0 aliphatic carbocycles. The number of carbonyl (C=O) groups excluding carboxylic acids is 4. The molecular formula is C25H31ClN4O6S. The second-order valence-electron chi connectivity index (χ2n) is 9.49. The van der Waals surface area contributed by atoms with Gasteiger partial charge < -0.3 is 10.1 Å². The molecule has 2 atom stereocenters. The van der Waals surface area contributed by atoms with Crippen molar-refractivity contribution in [2.75, 3.05) is 0 Å². The van der Waals surface area contributed by atoms with Gasteiger partial charge in [0.05, 0.1) is 4.90 Å². The van der Waals surface area contributed by atoms with Crippen molar-refractivity contribution >= 4 is 45.5 Å². The Labute approximate surface area is 221 Å². The van der Waals surface area contributed by atoms with Crippen molar-refractivity contribution in [3.05, 3.63) is 65.2 Å². The highest BCUT2D eigenvalue weighted by atomic mass is 35.5. The smallest absolute Gasteiger partial charge is 0.408 e. The van der Waals surface area contributed by atoms with E-state index in [1.54, 1.807) is 39.0 Å². The summed E-state index contributed by atoms with van der Waals surface area (Å²) in [6.07, 6.45) is -0.694. The highest BCUT2D eigenvalue weighted by molar-refractivity contribution is 7.92. The zero-order chi connectivity index (χ0) is 27.8. The summed E-state index contributed by atoms with van der Waals surface area (Å²) >= 11 is 6.04. The van der Waals surface area contributed by atoms with Gasteiger partial charge in [-0.25, -0.2) is 18.5 Å². The normalized spacial score (nSPS) is 13.6. The average Bonchev–Trinajstić information content (AvgIpc) is 2.77. The van der Waals surface area contributed by atoms with E-state index >= 15 is 0 Å². The largest absolute Gasteiger partial charge is 0.444 e. The number of benzene rings is 2. The van der Waals surface area contributed by atoms with Crippen LogP contribution in [0.5, 0.6) is 0 Å². The maximum absolute atomic E-state index is 13.9. The van der Waals surface area contributed by atoms with E-state index in [9.17, 15) is 23.4 Å². The third-order valence-electron chi connectivity index (χ3n) is 4.52. The SMILES string of the molecule is CC(C)C[C@H](NC(=O)OC(C)(C)C)C(=O)N=S(=O)(NC(=O)NC(=O)c1ccccc1)c1cccc(Cl)c1. The first-order chi connectivity index (χ1) is 17.2. The Hall–Kier alpha value is -3.44. The molecule has 0 radical (unpaired) electrons. The maximum atomic E-state index is 13.9. The van der Waals surface area contributed by atoms with Gasteiger partial charge in [0.2, 0.25) is 0 Å². The van der Waals surface area contributed by atoms with Gasteiger partial charge in [-0.15, -0.1) is 4.36 Å². The van der Waals surface area contributed by atoms with E-state index in [0.29, 0.717) is 0 Å². The van der Waals surface area contributed by atoms with Crippen LogP contribution >= 0.6 is 11.6 Å². The van der Waals surface area contributed by atoms with E-state index in [2.05, 4.69) is 19.7 Å². The summed E-state index contributed by atoms with van der Waals surface area (Å²) < 4.78 is 25.1. The van der Waals surface area contributed by atoms with Gasteiger partial charge >= 0.3 is 12.1 Å². The van der Waals surface area contributed by atoms with E-state index in [1.807, 2.05) is 13.8 Å². The second-order valence-corrected chi connectivity index (χ2v) is 11.8. The average molecular weight is 551 g/mol. The van der Waals surface area contributed by atoms with Gasteiger partial charge in [0.25, 0.3) is 11.8 Å². The predicted octanol–water partition coefficient (Wildman–Crippen LogP) is 4.69. The summed E-state index contributed by atoms with van der Waals surface area (Å²) in [6.45, 7) is 8.66. The third kappa shape index (κ3) is 9.85. The molecule has 0 saturated heterocycles. The van der Waals surface area contributed by atoms with Gasteiger partial charge in [0.15, 0.2) is 9.92 Å². The first-order valence-electron chi connectivity index (χ1n) is 11.4. The van der Waals surface area contributed by atoms with Crippen molar-refractivity contribution < 1.29 is 28.1 Å². The number of nitrogens with zero attached hydrogens (tertiary/aromatic N) is 1. The fourth-order valence-electron chi connectivity index (χ4n) is 3.02. The van der Waals surface area contributed by atoms with Crippen LogP contribution in [0.3, 0.4) is 0 Å². The maximum Gasteiger partial charge on any atom is 0.408 e. The number of amides is 5. The quantitative estimate of drug-likeness (QED) is 0.456. The molecule has 0 saturated carbocycles. The number of nitrogens with one attached hydrogen (secondary N) is 3. The lowest BCUT2D eigenvalue weighted by atomic mass is 10.0. The van der Waals surface area contributed by atoms with E-state index in [0.717, 1.165) is 0 Å². The van der Waals surface area contributed by atoms with E-state index in [1.165, 1.54) is 36.4 Å². The Morgan fingerprint density at radius 3 is 2.24 bits per heavy atom. The van der Waals surface area contributed by atoms with Crippen LogP contribution < -0.4 is 15.4 Å². The highest BCUT2D eigenvalue weighted by Gasteiger charge is 2.28. The fraction of sp³-hybridized carbons (Fsp3) is 0.360. The number of imide groups is 1. The summed E-state index contributed by atoms with van der Waals surface area (Å²) in [5.41, 5.74) is -0.621. The van der Waals surface area contributed by atoms with E-state index < -0.39 is 45.5 Å². The van der Waals surface area contributed by atoms with Crippen molar-refractivity contribution in [3.8, 4) is 0 Å². The molecule has 2 aromatic rings. The molecule has 0 aliphatic heterocycles. The van der Waals surface area contributed by atoms with Crippen molar-refractivity contribution in [2.45, 2.75) is 57.6 Å². The molecule has 2 aromatic carbocycles. The Morgan fingerprint density at radius 2 is 1.68 bits per heavy atom. The van der Waals surface area contributed by atoms with Crippen LogP contribution in [-0.4, -0.2) is 39.8 Å². The summed E-state index contributed by atoms with van der Waals surface area (Å²) in [4.78, 5) is 50.5. The molecule has 0 heterocycles. The summed E-state index contributed by atoms with van der Waals surface area (Å²) in [5, 5.41) is 4.71. The molecule has 200 valence electrons. The molecule has 0 aromatic heterocycles. The lowest BCUT2D eigenvalue weighted by molar-refractivity contribution is -0.120. The number of ether oxygens (including phenoxy) is 1. The third-order valence-corrected chi connectivity index (χ3v) is 6.55. The minimum Gasteiger partial charge on any atom is -0.444 e. The summed E-state index contributed by atoms with van der Waals surface area (Å²) in [7, 11) is -3.98. The standard InChI is InChI=1S/C25H31ClN4O6S/c1-16(2)14-20(27-24(34)36-25(3,4)5)22(32)29-37(35,19-13-9-12-18(26)15-19)30-23(33)28-21(31)17-10-7-6-8-11-17/h6-13,15-16,20H,14H2,1-5H3,(H,27,34)(H2,28,29,30,31,32,33,35)/t20-,37?/m0/s1. The molecule has 0 bridgehead atoms. The van der Waals surface area contributed by atoms with Crippen molar-refractivity contribution in [1.82, 2.24) is 15.4 Å². The zero-order valence-electron chi connectivity index (χ0n) is 21.2. The van der Waals surface area contributed by atoms with Gasteiger partial charge in [0.1, 0.15) is 11.6 Å². The van der Waals surface area contributed by atoms with Crippen LogP contribution in [0.2, 0.25) is 5.02 Å². The molecule has 5 amide bonds. The number of carbonyl (C=O) groups is 4. The topological polar surface area (TPSA) is 143 Å². The molecule has 37 heavy (non-hydrogen) atoms. The second kappa shape index (κ2) is 12.7. The van der Waals surface area contributed by atoms with Gasteiger partial charge in [-0.3, -0.25) is 14.9 Å². The molecule has 0 fully saturated rings. The van der Waals surface area contributed by atoms with Gasteiger partial charge in [-0.1, -0.05) is 49.7 Å². The minimum atomic E-state index is -3.98. The first kappa shape index (κ1) is 29.8. The van der Waals surface area contributed by atoms with Crippen LogP contribution in [0.1, 0.15) is 51.4 Å². The molecule has 10 nitrogen and oxygen atoms in total. The molecular weight excluding hydrogens is 520 g/mol. The highest BCUT2D eigenvalue weighted by Crippen LogP contribution is 2.19. The number of alkyl carbamates (subject to hydrolysis) is 1. The predicted molar refractivity (Wildman–Crippen MR) is 140 cm³/mol. The number of halogens is 1. The van der Waals surface area contributed by atoms with Crippen molar-refractivity contribution in [1.29, 1.82) is 0 Å². The Balaban J connectivity index is 2.41. The monoisotopic (exact) mass is 550 g/mol. The number of hydrogen-bond acceptors (Lipinski definition) is 6. The van der Waals surface area contributed by atoms with Crippen LogP contribution in [0.25, 0.3) is 0 Å². The zero-order valence-corrected chi connectivity index (χ0v) is 22.8. The van der Waals surface area contributed by atoms with Gasteiger partial charge in [-0.2, -0.15) is 0 Å². The fourth-order valence-corrected chi connectivity index (χ4v) is 4.78. The number of hydrogen-bond donors (Lipinski definition) is 3. The van der Waals surface area contributed by atoms with Crippen LogP contribution in [0, 0.1) is 5.92 Å². The lowest BCUT2D eigenvalue weighted by Gasteiger charge is -2.23.